The third-order valence-corrected chi connectivity index (χ3v) is 5.98. The summed E-state index contributed by atoms with van der Waals surface area (Å²) < 4.78 is 15.9. The molecule has 0 amide bonds. The molecule has 0 bridgehead atoms. The smallest absolute Gasteiger partial charge is 0.190 e. The lowest BCUT2D eigenvalue weighted by atomic mass is 10.1. The van der Waals surface area contributed by atoms with Gasteiger partial charge in [-0.2, -0.15) is 10.4 Å². The van der Waals surface area contributed by atoms with Crippen molar-refractivity contribution in [2.75, 3.05) is 32.5 Å². The van der Waals surface area contributed by atoms with Crippen molar-refractivity contribution in [3.63, 3.8) is 0 Å². The number of hydrazone groups is 1. The third kappa shape index (κ3) is 6.17. The molecule has 0 spiro atoms. The Morgan fingerprint density at radius 1 is 1.03 bits per heavy atom. The number of benzene rings is 2. The molecule has 176 valence electrons. The highest BCUT2D eigenvalue weighted by molar-refractivity contribution is 7.99. The maximum absolute atomic E-state index is 9.93. The van der Waals surface area contributed by atoms with E-state index in [0.29, 0.717) is 39.6 Å². The fourth-order valence-electron chi connectivity index (χ4n) is 2.99. The summed E-state index contributed by atoms with van der Waals surface area (Å²) in [6, 6.07) is 15.1. The van der Waals surface area contributed by atoms with Crippen LogP contribution in [0.1, 0.15) is 25.0 Å². The Bertz CT molecular complexity index is 1190. The Morgan fingerprint density at radius 3 is 2.38 bits per heavy atom. The van der Waals surface area contributed by atoms with E-state index >= 15 is 0 Å². The van der Waals surface area contributed by atoms with Crippen LogP contribution in [0.25, 0.3) is 11.3 Å². The lowest BCUT2D eigenvalue weighted by Gasteiger charge is -2.12. The first kappa shape index (κ1) is 24.9. The van der Waals surface area contributed by atoms with Gasteiger partial charge in [-0.3, -0.25) is 5.43 Å². The molecule has 1 aromatic heterocycles. The summed E-state index contributed by atoms with van der Waals surface area (Å²) in [5.74, 6) is 3.61. The highest BCUT2D eigenvalue weighted by Crippen LogP contribution is 2.31. The first-order chi connectivity index (χ1) is 16.5. The van der Waals surface area contributed by atoms with Gasteiger partial charge in [0.05, 0.1) is 33.2 Å². The maximum Gasteiger partial charge on any atom is 0.190 e. The summed E-state index contributed by atoms with van der Waals surface area (Å²) in [6.07, 6.45) is 1.62. The summed E-state index contributed by atoms with van der Waals surface area (Å²) in [7, 11) is 4.77. The molecule has 0 aliphatic carbocycles. The zero-order chi connectivity index (χ0) is 24.5. The Hall–Kier alpha value is -3.77. The van der Waals surface area contributed by atoms with E-state index in [1.807, 2.05) is 36.4 Å². The molecule has 2 aromatic carbocycles. The van der Waals surface area contributed by atoms with Crippen LogP contribution in [0.3, 0.4) is 0 Å². The second-order valence-electron chi connectivity index (χ2n) is 7.61. The molecular formula is C25H27N5O3S. The minimum atomic E-state index is 0.309. The standard InChI is InChI=1S/C25H27N5O3S/c1-16(2)15-34-25-28-23(18-7-9-19(31-3)10-8-18)20(13-26)24(29-25)30-27-14-17-6-11-21(32-4)22(12-17)33-5/h6-12,14,16H,15H2,1-5H3,(H,28,29,30)/b27-14-. The summed E-state index contributed by atoms with van der Waals surface area (Å²) in [5.41, 5.74) is 5.36. The van der Waals surface area contributed by atoms with E-state index in [2.05, 4.69) is 40.4 Å². The molecule has 0 unspecified atom stereocenters. The molecule has 1 heterocycles. The van der Waals surface area contributed by atoms with Crippen molar-refractivity contribution >= 4 is 23.8 Å². The van der Waals surface area contributed by atoms with Gasteiger partial charge in [0.15, 0.2) is 22.5 Å². The average Bonchev–Trinajstić information content (AvgIpc) is 2.87. The molecule has 0 saturated heterocycles. The second kappa shape index (κ2) is 11.9. The maximum atomic E-state index is 9.93. The zero-order valence-corrected chi connectivity index (χ0v) is 20.6. The van der Waals surface area contributed by atoms with E-state index in [-0.39, 0.29) is 0 Å². The van der Waals surface area contributed by atoms with Gasteiger partial charge in [-0.15, -0.1) is 0 Å². The van der Waals surface area contributed by atoms with Crippen LogP contribution >= 0.6 is 11.8 Å². The van der Waals surface area contributed by atoms with E-state index in [4.69, 9.17) is 14.2 Å². The molecule has 0 aliphatic rings. The molecule has 0 radical (unpaired) electrons. The lowest BCUT2D eigenvalue weighted by Crippen LogP contribution is -2.04. The molecule has 3 rings (SSSR count). The number of methoxy groups -OCH3 is 3. The summed E-state index contributed by atoms with van der Waals surface area (Å²) in [6.45, 7) is 4.27. The Kier molecular flexibility index (Phi) is 8.71. The van der Waals surface area contributed by atoms with Crippen molar-refractivity contribution < 1.29 is 14.2 Å². The molecule has 9 heteroatoms. The van der Waals surface area contributed by atoms with Gasteiger partial charge in [-0.05, 0) is 53.9 Å². The number of nitrogens with one attached hydrogen (secondary N) is 1. The molecule has 0 atom stereocenters. The monoisotopic (exact) mass is 477 g/mol. The number of ether oxygens (including phenoxy) is 3. The van der Waals surface area contributed by atoms with Crippen LogP contribution in [-0.2, 0) is 0 Å². The predicted molar refractivity (Wildman–Crippen MR) is 135 cm³/mol. The minimum Gasteiger partial charge on any atom is -0.497 e. The van der Waals surface area contributed by atoms with Crippen LogP contribution < -0.4 is 19.6 Å². The van der Waals surface area contributed by atoms with Crippen molar-refractivity contribution in [3.8, 4) is 34.6 Å². The van der Waals surface area contributed by atoms with Crippen molar-refractivity contribution in [2.45, 2.75) is 19.0 Å². The fraction of sp³-hybridized carbons (Fsp3) is 0.280. The van der Waals surface area contributed by atoms with E-state index in [0.717, 1.165) is 22.6 Å². The molecule has 0 saturated carbocycles. The summed E-state index contributed by atoms with van der Waals surface area (Å²) >= 11 is 1.54. The van der Waals surface area contributed by atoms with Crippen LogP contribution in [0, 0.1) is 17.2 Å². The SMILES string of the molecule is COc1ccc(-c2nc(SCC(C)C)nc(N/N=C\c3ccc(OC)c(OC)c3)c2C#N)cc1. The molecule has 34 heavy (non-hydrogen) atoms. The highest BCUT2D eigenvalue weighted by atomic mass is 32.2. The molecule has 0 aliphatic heterocycles. The van der Waals surface area contributed by atoms with Crippen LogP contribution in [-0.4, -0.2) is 43.3 Å². The minimum absolute atomic E-state index is 0.309. The van der Waals surface area contributed by atoms with Crippen LogP contribution in [0.4, 0.5) is 5.82 Å². The van der Waals surface area contributed by atoms with Gasteiger partial charge in [0, 0.05) is 11.3 Å². The highest BCUT2D eigenvalue weighted by Gasteiger charge is 2.17. The first-order valence-electron chi connectivity index (χ1n) is 10.6. The Labute approximate surface area is 204 Å². The van der Waals surface area contributed by atoms with Gasteiger partial charge < -0.3 is 14.2 Å². The number of nitrogens with zero attached hydrogens (tertiary/aromatic N) is 4. The van der Waals surface area contributed by atoms with Crippen molar-refractivity contribution in [3.05, 3.63) is 53.6 Å². The lowest BCUT2D eigenvalue weighted by molar-refractivity contribution is 0.355. The largest absolute Gasteiger partial charge is 0.497 e. The number of rotatable bonds is 10. The van der Waals surface area contributed by atoms with Gasteiger partial charge in [0.25, 0.3) is 0 Å². The molecule has 3 aromatic rings. The summed E-state index contributed by atoms with van der Waals surface area (Å²) in [4.78, 5) is 9.24. The number of hydrogen-bond donors (Lipinski definition) is 1. The second-order valence-corrected chi connectivity index (χ2v) is 8.60. The van der Waals surface area contributed by atoms with Gasteiger partial charge in [-0.25, -0.2) is 9.97 Å². The average molecular weight is 478 g/mol. The van der Waals surface area contributed by atoms with E-state index in [1.54, 1.807) is 33.6 Å². The predicted octanol–water partition coefficient (Wildman–Crippen LogP) is 5.24. The van der Waals surface area contributed by atoms with Gasteiger partial charge in [0.2, 0.25) is 0 Å². The Morgan fingerprint density at radius 2 is 1.76 bits per heavy atom. The molecule has 1 N–H and O–H groups in total. The first-order valence-corrected chi connectivity index (χ1v) is 11.6. The number of hydrogen-bond acceptors (Lipinski definition) is 9. The molecule has 8 nitrogen and oxygen atoms in total. The number of anilines is 1. The van der Waals surface area contributed by atoms with E-state index < -0.39 is 0 Å². The van der Waals surface area contributed by atoms with Crippen molar-refractivity contribution in [2.24, 2.45) is 11.0 Å². The van der Waals surface area contributed by atoms with Crippen molar-refractivity contribution in [1.82, 2.24) is 9.97 Å². The van der Waals surface area contributed by atoms with E-state index in [1.165, 1.54) is 11.8 Å². The van der Waals surface area contributed by atoms with Crippen LogP contribution in [0.15, 0.2) is 52.7 Å². The van der Waals surface area contributed by atoms with Gasteiger partial charge in [-0.1, -0.05) is 25.6 Å². The normalized spacial score (nSPS) is 10.9. The molecular weight excluding hydrogens is 450 g/mol. The number of nitriles is 1. The van der Waals surface area contributed by atoms with Crippen LogP contribution in [0.5, 0.6) is 17.2 Å². The quantitative estimate of drug-likeness (QED) is 0.183. The third-order valence-electron chi connectivity index (χ3n) is 4.70. The summed E-state index contributed by atoms with van der Waals surface area (Å²) in [5, 5.41) is 14.8. The van der Waals surface area contributed by atoms with Gasteiger partial charge >= 0.3 is 0 Å². The Balaban J connectivity index is 1.96. The fourth-order valence-corrected chi connectivity index (χ4v) is 3.79. The zero-order valence-electron chi connectivity index (χ0n) is 19.8. The molecule has 0 fully saturated rings. The number of thioether (sulfide) groups is 1. The van der Waals surface area contributed by atoms with Crippen molar-refractivity contribution in [1.29, 1.82) is 5.26 Å². The number of aromatic nitrogens is 2. The van der Waals surface area contributed by atoms with E-state index in [9.17, 15) is 5.26 Å². The van der Waals surface area contributed by atoms with Crippen LogP contribution in [0.2, 0.25) is 0 Å². The topological polar surface area (TPSA) is 102 Å². The van der Waals surface area contributed by atoms with Gasteiger partial charge in [0.1, 0.15) is 17.4 Å².